The Balaban J connectivity index is 2.75. The van der Waals surface area contributed by atoms with Gasteiger partial charge < -0.3 is 9.73 Å². The van der Waals surface area contributed by atoms with Gasteiger partial charge in [-0.25, -0.2) is 0 Å². The Morgan fingerprint density at radius 3 is 2.73 bits per heavy atom. The van der Waals surface area contributed by atoms with Gasteiger partial charge in [-0.15, -0.1) is 0 Å². The number of hydrogen-bond donors (Lipinski definition) is 1. The van der Waals surface area contributed by atoms with Gasteiger partial charge in [0.2, 0.25) is 0 Å². The molecule has 0 spiro atoms. The van der Waals surface area contributed by atoms with Crippen LogP contribution < -0.4 is 5.32 Å². The minimum atomic E-state index is -0.308. The van der Waals surface area contributed by atoms with Gasteiger partial charge in [-0.2, -0.15) is 0 Å². The van der Waals surface area contributed by atoms with Gasteiger partial charge >= 0.3 is 0 Å². The monoisotopic (exact) mass is 269 g/mol. The molecule has 0 aliphatic rings. The third-order valence-corrected chi connectivity index (χ3v) is 2.25. The van der Waals surface area contributed by atoms with Crippen molar-refractivity contribution >= 4 is 21.8 Å². The maximum absolute atomic E-state index is 11.2. The maximum Gasteiger partial charge on any atom is 0.297 e. The van der Waals surface area contributed by atoms with Crippen molar-refractivity contribution < 1.29 is 9.21 Å². The number of aryl methyl sites for hydroxylation is 2. The molecule has 0 aromatic carbocycles. The molecule has 1 atom stereocenters. The molecule has 1 amide bonds. The number of rotatable bonds is 2. The van der Waals surface area contributed by atoms with E-state index in [9.17, 15) is 4.79 Å². The van der Waals surface area contributed by atoms with E-state index >= 15 is 0 Å². The first-order valence-corrected chi connectivity index (χ1v) is 5.33. The fourth-order valence-corrected chi connectivity index (χ4v) is 1.61. The molecule has 1 aromatic heterocycles. The molecule has 15 heavy (non-hydrogen) atoms. The van der Waals surface area contributed by atoms with E-state index in [0.29, 0.717) is 0 Å². The summed E-state index contributed by atoms with van der Waals surface area (Å²) >= 11 is 2.87. The van der Waals surface area contributed by atoms with Crippen molar-refractivity contribution in [2.24, 2.45) is 0 Å². The number of halogens is 1. The molecule has 1 rings (SSSR count). The van der Waals surface area contributed by atoms with Gasteiger partial charge in [0.05, 0.1) is 6.04 Å². The molecule has 0 saturated carbocycles. The second kappa shape index (κ2) is 5.04. The van der Waals surface area contributed by atoms with Crippen molar-refractivity contribution in [1.82, 2.24) is 5.32 Å². The van der Waals surface area contributed by atoms with E-state index in [-0.39, 0.29) is 11.9 Å². The average molecular weight is 270 g/mol. The van der Waals surface area contributed by atoms with Crippen LogP contribution in [0.3, 0.4) is 0 Å². The molecule has 4 heteroatoms. The van der Waals surface area contributed by atoms with Crippen LogP contribution in [-0.4, -0.2) is 5.91 Å². The molecule has 80 valence electrons. The minimum absolute atomic E-state index is 0.0942. The molecule has 1 heterocycles. The van der Waals surface area contributed by atoms with Crippen molar-refractivity contribution in [3.8, 4) is 10.8 Å². The highest BCUT2D eigenvalue weighted by molar-refractivity contribution is 9.12. The van der Waals surface area contributed by atoms with Crippen LogP contribution in [0.5, 0.6) is 0 Å². The van der Waals surface area contributed by atoms with E-state index in [1.54, 1.807) is 0 Å². The summed E-state index contributed by atoms with van der Waals surface area (Å²) in [5, 5.41) is 2.75. The Morgan fingerprint density at radius 2 is 2.27 bits per heavy atom. The number of carbonyl (C=O) groups excluding carboxylic acids is 1. The van der Waals surface area contributed by atoms with E-state index < -0.39 is 0 Å². The van der Waals surface area contributed by atoms with Crippen molar-refractivity contribution in [3.05, 3.63) is 23.2 Å². The summed E-state index contributed by atoms with van der Waals surface area (Å²) in [6.07, 6.45) is 0. The molecular weight excluding hydrogens is 258 g/mol. The van der Waals surface area contributed by atoms with Crippen LogP contribution in [0.25, 0.3) is 0 Å². The number of nitrogens with one attached hydrogen (secondary N) is 1. The summed E-state index contributed by atoms with van der Waals surface area (Å²) in [7, 11) is 0. The van der Waals surface area contributed by atoms with E-state index in [0.717, 1.165) is 17.1 Å². The van der Waals surface area contributed by atoms with Crippen LogP contribution in [0.4, 0.5) is 0 Å². The molecule has 3 nitrogen and oxygen atoms in total. The molecule has 0 radical (unpaired) electrons. The van der Waals surface area contributed by atoms with Crippen LogP contribution in [0.1, 0.15) is 30.0 Å². The van der Waals surface area contributed by atoms with E-state index in [2.05, 4.69) is 32.0 Å². The van der Waals surface area contributed by atoms with Gasteiger partial charge in [-0.1, -0.05) is 0 Å². The lowest BCUT2D eigenvalue weighted by atomic mass is 10.1. The van der Waals surface area contributed by atoms with Gasteiger partial charge in [-0.3, -0.25) is 4.79 Å². The summed E-state index contributed by atoms with van der Waals surface area (Å²) in [6, 6.07) is 1.82. The smallest absolute Gasteiger partial charge is 0.297 e. The van der Waals surface area contributed by atoms with Crippen LogP contribution in [-0.2, 0) is 4.79 Å². The van der Waals surface area contributed by atoms with Gasteiger partial charge in [0.25, 0.3) is 5.91 Å². The summed E-state index contributed by atoms with van der Waals surface area (Å²) in [4.78, 5) is 13.6. The van der Waals surface area contributed by atoms with Crippen LogP contribution in [0, 0.1) is 24.6 Å². The van der Waals surface area contributed by atoms with Crippen molar-refractivity contribution in [2.75, 3.05) is 0 Å². The lowest BCUT2D eigenvalue weighted by molar-refractivity contribution is -0.116. The molecule has 0 aliphatic heterocycles. The largest absolute Gasteiger partial charge is 0.466 e. The van der Waals surface area contributed by atoms with Crippen LogP contribution in [0.2, 0.25) is 0 Å². The zero-order valence-electron chi connectivity index (χ0n) is 8.85. The van der Waals surface area contributed by atoms with E-state index in [1.807, 2.05) is 26.8 Å². The fourth-order valence-electron chi connectivity index (χ4n) is 1.43. The van der Waals surface area contributed by atoms with Crippen LogP contribution >= 0.6 is 15.9 Å². The van der Waals surface area contributed by atoms with Crippen molar-refractivity contribution in [2.45, 2.75) is 26.8 Å². The average Bonchev–Trinajstić information content (AvgIpc) is 2.45. The molecule has 1 N–H and O–H groups in total. The number of amides is 1. The van der Waals surface area contributed by atoms with E-state index in [1.165, 1.54) is 0 Å². The first-order chi connectivity index (χ1) is 7.04. The Labute approximate surface area is 97.4 Å². The second-order valence-electron chi connectivity index (χ2n) is 3.28. The third-order valence-electron chi connectivity index (χ3n) is 2.05. The number of hydrogen-bond acceptors (Lipinski definition) is 2. The molecular formula is C11H12BrNO2. The zero-order chi connectivity index (χ0) is 11.4. The quantitative estimate of drug-likeness (QED) is 0.838. The highest BCUT2D eigenvalue weighted by Gasteiger charge is 2.13. The van der Waals surface area contributed by atoms with Gasteiger partial charge in [0.15, 0.2) is 0 Å². The molecule has 0 bridgehead atoms. The highest BCUT2D eigenvalue weighted by atomic mass is 79.9. The SMILES string of the molecule is Cc1cc(C(C)NC(=O)C#CBr)c(C)o1. The standard InChI is InChI=1S/C11H12BrNO2/c1-7-6-10(9(3)15-7)8(2)13-11(14)4-5-12/h6,8H,1-3H3,(H,13,14). The Morgan fingerprint density at radius 1 is 1.60 bits per heavy atom. The molecule has 0 saturated heterocycles. The van der Waals surface area contributed by atoms with E-state index in [4.69, 9.17) is 4.42 Å². The first kappa shape index (κ1) is 11.9. The Hall–Kier alpha value is -1.21. The molecule has 1 unspecified atom stereocenters. The predicted octanol–water partition coefficient (Wildman–Crippen LogP) is 2.43. The lowest BCUT2D eigenvalue weighted by Gasteiger charge is -2.10. The summed E-state index contributed by atoms with van der Waals surface area (Å²) in [6.45, 7) is 5.65. The normalized spacial score (nSPS) is 11.5. The van der Waals surface area contributed by atoms with Gasteiger partial charge in [0, 0.05) is 27.4 Å². The second-order valence-corrected chi connectivity index (χ2v) is 3.68. The topological polar surface area (TPSA) is 42.2 Å². The van der Waals surface area contributed by atoms with Crippen molar-refractivity contribution in [1.29, 1.82) is 0 Å². The summed E-state index contributed by atoms with van der Waals surface area (Å²) in [5.41, 5.74) is 0.984. The number of furan rings is 1. The van der Waals surface area contributed by atoms with Gasteiger partial charge in [0.1, 0.15) is 11.5 Å². The van der Waals surface area contributed by atoms with Crippen molar-refractivity contribution in [3.63, 3.8) is 0 Å². The van der Waals surface area contributed by atoms with Gasteiger partial charge in [-0.05, 0) is 31.7 Å². The fraction of sp³-hybridized carbons (Fsp3) is 0.364. The Kier molecular flexibility index (Phi) is 3.98. The maximum atomic E-state index is 11.2. The minimum Gasteiger partial charge on any atom is -0.466 e. The third kappa shape index (κ3) is 3.14. The summed E-state index contributed by atoms with van der Waals surface area (Å²) < 4.78 is 5.38. The molecule has 0 aliphatic carbocycles. The zero-order valence-corrected chi connectivity index (χ0v) is 10.4. The first-order valence-electron chi connectivity index (χ1n) is 4.53. The predicted molar refractivity (Wildman–Crippen MR) is 61.4 cm³/mol. The molecule has 0 fully saturated rings. The Bertz CT molecular complexity index is 426. The number of carbonyl (C=O) groups is 1. The highest BCUT2D eigenvalue weighted by Crippen LogP contribution is 2.20. The summed E-state index contributed by atoms with van der Waals surface area (Å²) in [5.74, 6) is 3.72. The van der Waals surface area contributed by atoms with Crippen LogP contribution in [0.15, 0.2) is 10.5 Å². The lowest BCUT2D eigenvalue weighted by Crippen LogP contribution is -2.25. The molecule has 1 aromatic rings.